The standard InChI is InChI=1S/C19H18ClN3O2S/c1-12-4-6-13(7-5-12)18-21-22-19(23(18)2)26-11-16(24)15-10-14(20)8-9-17(15)25-3/h4-10H,11H2,1-3H3. The van der Waals surface area contributed by atoms with E-state index in [1.165, 1.54) is 24.4 Å². The first-order chi connectivity index (χ1) is 12.5. The monoisotopic (exact) mass is 387 g/mol. The van der Waals surface area contributed by atoms with Gasteiger partial charge in [-0.1, -0.05) is 53.2 Å². The molecule has 3 aromatic rings. The van der Waals surface area contributed by atoms with Crippen molar-refractivity contribution in [1.29, 1.82) is 0 Å². The third-order valence-corrected chi connectivity index (χ3v) is 5.19. The van der Waals surface area contributed by atoms with E-state index in [2.05, 4.69) is 10.2 Å². The van der Waals surface area contributed by atoms with Crippen LogP contribution in [0.3, 0.4) is 0 Å². The number of carbonyl (C=O) groups excluding carboxylic acids is 1. The number of aryl methyl sites for hydroxylation is 1. The highest BCUT2D eigenvalue weighted by molar-refractivity contribution is 7.99. The number of thioether (sulfide) groups is 1. The molecule has 1 heterocycles. The molecular formula is C19H18ClN3O2S. The molecule has 0 spiro atoms. The summed E-state index contributed by atoms with van der Waals surface area (Å²) in [6.45, 7) is 2.04. The van der Waals surface area contributed by atoms with Gasteiger partial charge in [-0.25, -0.2) is 0 Å². The molecule has 2 aromatic carbocycles. The van der Waals surface area contributed by atoms with Crippen LogP contribution in [0.15, 0.2) is 47.6 Å². The summed E-state index contributed by atoms with van der Waals surface area (Å²) in [5.41, 5.74) is 2.64. The van der Waals surface area contributed by atoms with E-state index in [4.69, 9.17) is 16.3 Å². The van der Waals surface area contributed by atoms with Gasteiger partial charge in [0.25, 0.3) is 0 Å². The van der Waals surface area contributed by atoms with Gasteiger partial charge in [-0.05, 0) is 25.1 Å². The molecule has 0 amide bonds. The van der Waals surface area contributed by atoms with E-state index in [0.717, 1.165) is 11.4 Å². The summed E-state index contributed by atoms with van der Waals surface area (Å²) in [5, 5.41) is 9.63. The Morgan fingerprint density at radius 1 is 1.19 bits per heavy atom. The summed E-state index contributed by atoms with van der Waals surface area (Å²) in [6.07, 6.45) is 0. The van der Waals surface area contributed by atoms with Gasteiger partial charge in [-0.15, -0.1) is 10.2 Å². The molecule has 134 valence electrons. The van der Waals surface area contributed by atoms with E-state index in [0.29, 0.717) is 21.5 Å². The van der Waals surface area contributed by atoms with Crippen LogP contribution in [0.25, 0.3) is 11.4 Å². The molecule has 7 heteroatoms. The molecule has 0 aliphatic carbocycles. The number of rotatable bonds is 6. The van der Waals surface area contributed by atoms with Crippen LogP contribution in [0.1, 0.15) is 15.9 Å². The quantitative estimate of drug-likeness (QED) is 0.462. The van der Waals surface area contributed by atoms with Crippen LogP contribution in [0.5, 0.6) is 5.75 Å². The van der Waals surface area contributed by atoms with E-state index < -0.39 is 0 Å². The maximum atomic E-state index is 12.6. The lowest BCUT2D eigenvalue weighted by Crippen LogP contribution is -2.06. The second kappa shape index (κ2) is 7.93. The molecule has 26 heavy (non-hydrogen) atoms. The van der Waals surface area contributed by atoms with Gasteiger partial charge in [0.1, 0.15) is 5.75 Å². The highest BCUT2D eigenvalue weighted by Gasteiger charge is 2.16. The molecule has 0 saturated heterocycles. The van der Waals surface area contributed by atoms with E-state index in [9.17, 15) is 4.79 Å². The minimum Gasteiger partial charge on any atom is -0.496 e. The molecule has 0 N–H and O–H groups in total. The number of benzene rings is 2. The molecule has 0 saturated carbocycles. The molecule has 0 unspecified atom stereocenters. The maximum absolute atomic E-state index is 12.6. The predicted molar refractivity (Wildman–Crippen MR) is 104 cm³/mol. The summed E-state index contributed by atoms with van der Waals surface area (Å²) in [4.78, 5) is 12.6. The summed E-state index contributed by atoms with van der Waals surface area (Å²) < 4.78 is 7.13. The zero-order chi connectivity index (χ0) is 18.7. The Labute approximate surface area is 161 Å². The Bertz CT molecular complexity index is 938. The lowest BCUT2D eigenvalue weighted by Gasteiger charge is -2.08. The number of hydrogen-bond acceptors (Lipinski definition) is 5. The number of Topliss-reactive ketones (excluding diaryl/α,β-unsaturated/α-hetero) is 1. The van der Waals surface area contributed by atoms with Crippen LogP contribution in [-0.4, -0.2) is 33.4 Å². The van der Waals surface area contributed by atoms with Gasteiger partial charge < -0.3 is 9.30 Å². The van der Waals surface area contributed by atoms with Crippen molar-refractivity contribution >= 4 is 29.1 Å². The average Bonchev–Trinajstić information content (AvgIpc) is 3.01. The highest BCUT2D eigenvalue weighted by atomic mass is 35.5. The number of carbonyl (C=O) groups is 1. The van der Waals surface area contributed by atoms with Gasteiger partial charge in [0.2, 0.25) is 0 Å². The van der Waals surface area contributed by atoms with E-state index in [1.807, 2.05) is 42.8 Å². The zero-order valence-corrected chi connectivity index (χ0v) is 16.3. The van der Waals surface area contributed by atoms with Crippen molar-refractivity contribution in [3.63, 3.8) is 0 Å². The molecule has 0 radical (unpaired) electrons. The van der Waals surface area contributed by atoms with Crippen LogP contribution in [-0.2, 0) is 7.05 Å². The van der Waals surface area contributed by atoms with E-state index in [-0.39, 0.29) is 11.5 Å². The molecule has 5 nitrogen and oxygen atoms in total. The lowest BCUT2D eigenvalue weighted by atomic mass is 10.1. The third-order valence-electron chi connectivity index (χ3n) is 3.94. The van der Waals surface area contributed by atoms with Crippen molar-refractivity contribution in [2.24, 2.45) is 7.05 Å². The molecule has 0 aliphatic rings. The average molecular weight is 388 g/mol. The smallest absolute Gasteiger partial charge is 0.191 e. The number of ketones is 1. The van der Waals surface area contributed by atoms with Gasteiger partial charge >= 0.3 is 0 Å². The molecule has 0 aliphatic heterocycles. The Hall–Kier alpha value is -2.31. The lowest BCUT2D eigenvalue weighted by molar-refractivity contribution is 0.101. The summed E-state index contributed by atoms with van der Waals surface area (Å²) in [5.74, 6) is 1.42. The topological polar surface area (TPSA) is 57.0 Å². The number of nitrogens with zero attached hydrogens (tertiary/aromatic N) is 3. The zero-order valence-electron chi connectivity index (χ0n) is 14.7. The fourth-order valence-electron chi connectivity index (χ4n) is 2.50. The fraction of sp³-hybridized carbons (Fsp3) is 0.211. The Morgan fingerprint density at radius 3 is 2.62 bits per heavy atom. The maximum Gasteiger partial charge on any atom is 0.191 e. The molecule has 3 rings (SSSR count). The van der Waals surface area contributed by atoms with Crippen LogP contribution in [0.4, 0.5) is 0 Å². The minimum absolute atomic E-state index is 0.0748. The summed E-state index contributed by atoms with van der Waals surface area (Å²) in [7, 11) is 3.42. The number of ether oxygens (including phenoxy) is 1. The molecule has 0 bridgehead atoms. The summed E-state index contributed by atoms with van der Waals surface area (Å²) in [6, 6.07) is 13.1. The number of hydrogen-bond donors (Lipinski definition) is 0. The highest BCUT2D eigenvalue weighted by Crippen LogP contribution is 2.27. The number of aromatic nitrogens is 3. The second-order valence-corrected chi connectivity index (χ2v) is 7.17. The van der Waals surface area contributed by atoms with Crippen LogP contribution in [0, 0.1) is 6.92 Å². The first-order valence-electron chi connectivity index (χ1n) is 7.95. The normalized spacial score (nSPS) is 10.8. The number of halogens is 1. The van der Waals surface area contributed by atoms with Gasteiger partial charge in [0.15, 0.2) is 16.8 Å². The Balaban J connectivity index is 1.75. The van der Waals surface area contributed by atoms with Crippen LogP contribution in [0.2, 0.25) is 5.02 Å². The van der Waals surface area contributed by atoms with Crippen molar-refractivity contribution < 1.29 is 9.53 Å². The third kappa shape index (κ3) is 3.92. The molecule has 0 atom stereocenters. The van der Waals surface area contributed by atoms with E-state index in [1.54, 1.807) is 18.2 Å². The van der Waals surface area contributed by atoms with Gasteiger partial charge in [0, 0.05) is 17.6 Å². The SMILES string of the molecule is COc1ccc(Cl)cc1C(=O)CSc1nnc(-c2ccc(C)cc2)n1C. The minimum atomic E-state index is -0.0748. The first-order valence-corrected chi connectivity index (χ1v) is 9.32. The van der Waals surface area contributed by atoms with Crippen LogP contribution < -0.4 is 4.74 Å². The van der Waals surface area contributed by atoms with Crippen molar-refractivity contribution in [3.05, 3.63) is 58.6 Å². The van der Waals surface area contributed by atoms with Crippen LogP contribution >= 0.6 is 23.4 Å². The number of methoxy groups -OCH3 is 1. The largest absolute Gasteiger partial charge is 0.496 e. The second-order valence-electron chi connectivity index (χ2n) is 5.79. The van der Waals surface area contributed by atoms with Crippen molar-refractivity contribution in [2.75, 3.05) is 12.9 Å². The van der Waals surface area contributed by atoms with Gasteiger partial charge in [0.05, 0.1) is 18.4 Å². The Morgan fingerprint density at radius 2 is 1.92 bits per heavy atom. The van der Waals surface area contributed by atoms with Gasteiger partial charge in [-0.2, -0.15) is 0 Å². The van der Waals surface area contributed by atoms with Crippen molar-refractivity contribution in [1.82, 2.24) is 14.8 Å². The van der Waals surface area contributed by atoms with E-state index >= 15 is 0 Å². The van der Waals surface area contributed by atoms with Crippen molar-refractivity contribution in [3.8, 4) is 17.1 Å². The molecule has 1 aromatic heterocycles. The first kappa shape index (κ1) is 18.5. The molecular weight excluding hydrogens is 370 g/mol. The Kier molecular flexibility index (Phi) is 5.64. The van der Waals surface area contributed by atoms with Gasteiger partial charge in [-0.3, -0.25) is 4.79 Å². The predicted octanol–water partition coefficient (Wildman–Crippen LogP) is 4.43. The molecule has 0 fully saturated rings. The fourth-order valence-corrected chi connectivity index (χ4v) is 3.47. The van der Waals surface area contributed by atoms with Crippen molar-refractivity contribution in [2.45, 2.75) is 12.1 Å². The summed E-state index contributed by atoms with van der Waals surface area (Å²) >= 11 is 7.34.